The van der Waals surface area contributed by atoms with Crippen molar-refractivity contribution in [2.45, 2.75) is 32.7 Å². The van der Waals surface area contributed by atoms with Crippen LogP contribution < -0.4 is 10.6 Å². The smallest absolute Gasteiger partial charge is 0.255 e. The van der Waals surface area contributed by atoms with Crippen LogP contribution in [0.25, 0.3) is 0 Å². The van der Waals surface area contributed by atoms with Gasteiger partial charge in [0.05, 0.1) is 5.57 Å². The van der Waals surface area contributed by atoms with Crippen molar-refractivity contribution in [1.29, 1.82) is 0 Å². The molecule has 2 heterocycles. The van der Waals surface area contributed by atoms with Crippen molar-refractivity contribution >= 4 is 17.5 Å². The maximum atomic E-state index is 13.2. The van der Waals surface area contributed by atoms with Crippen molar-refractivity contribution in [2.24, 2.45) is 0 Å². The number of fused-ring (bicyclic) bond motifs is 1. The Bertz CT molecular complexity index is 1020. The topological polar surface area (TPSA) is 71.8 Å². The lowest BCUT2D eigenvalue weighted by molar-refractivity contribution is -0.113. The average Bonchev–Trinajstić information content (AvgIpc) is 3.15. The van der Waals surface area contributed by atoms with E-state index < -0.39 is 0 Å². The van der Waals surface area contributed by atoms with E-state index in [0.717, 1.165) is 16.9 Å². The molecule has 0 aliphatic carbocycles. The van der Waals surface area contributed by atoms with Crippen molar-refractivity contribution in [1.82, 2.24) is 14.8 Å². The Morgan fingerprint density at radius 1 is 1.11 bits per heavy atom. The van der Waals surface area contributed by atoms with Crippen molar-refractivity contribution in [3.63, 3.8) is 0 Å². The van der Waals surface area contributed by atoms with Gasteiger partial charge in [-0.25, -0.2) is 4.68 Å². The molecule has 4 rings (SSSR count). The number of para-hydroxylation sites is 1. The number of nitrogens with zero attached hydrogens (tertiary/aromatic N) is 3. The fourth-order valence-electron chi connectivity index (χ4n) is 3.48. The van der Waals surface area contributed by atoms with Crippen LogP contribution >= 0.6 is 0 Å². The molecule has 3 aromatic rings. The molecule has 1 aliphatic rings. The Labute approximate surface area is 164 Å². The van der Waals surface area contributed by atoms with Gasteiger partial charge in [0.25, 0.3) is 5.91 Å². The predicted octanol–water partition coefficient (Wildman–Crippen LogP) is 4.33. The Kier molecular flexibility index (Phi) is 4.69. The molecule has 2 aromatic carbocycles. The molecular formula is C22H23N5O. The van der Waals surface area contributed by atoms with Crippen LogP contribution in [0, 0.1) is 0 Å². The van der Waals surface area contributed by atoms with Crippen molar-refractivity contribution in [3.8, 4) is 0 Å². The number of nitrogens with one attached hydrogen (secondary N) is 2. The lowest BCUT2D eigenvalue weighted by atomic mass is 9.93. The van der Waals surface area contributed by atoms with Gasteiger partial charge in [-0.3, -0.25) is 4.79 Å². The second kappa shape index (κ2) is 7.31. The minimum atomic E-state index is -0.344. The largest absolute Gasteiger partial charge is 0.328 e. The summed E-state index contributed by atoms with van der Waals surface area (Å²) < 4.78 is 1.76. The first-order valence-corrected chi connectivity index (χ1v) is 9.38. The number of aromatic nitrogens is 3. The van der Waals surface area contributed by atoms with Crippen molar-refractivity contribution in [3.05, 3.63) is 83.3 Å². The van der Waals surface area contributed by atoms with Gasteiger partial charge >= 0.3 is 0 Å². The molecule has 6 heteroatoms. The van der Waals surface area contributed by atoms with E-state index in [4.69, 9.17) is 0 Å². The maximum Gasteiger partial charge on any atom is 0.255 e. The lowest BCUT2D eigenvalue weighted by Crippen LogP contribution is -2.31. The van der Waals surface area contributed by atoms with Crippen LogP contribution in [0.4, 0.5) is 11.6 Å². The lowest BCUT2D eigenvalue weighted by Gasteiger charge is -2.29. The van der Waals surface area contributed by atoms with Gasteiger partial charge in [0.1, 0.15) is 12.4 Å². The molecule has 1 unspecified atom stereocenters. The predicted molar refractivity (Wildman–Crippen MR) is 110 cm³/mol. The van der Waals surface area contributed by atoms with Gasteiger partial charge in [-0.2, -0.15) is 10.1 Å². The van der Waals surface area contributed by atoms with Gasteiger partial charge < -0.3 is 10.6 Å². The van der Waals surface area contributed by atoms with E-state index >= 15 is 0 Å². The SMILES string of the molecule is CC1=C(C(=O)Nc2ccccc2)C(c2ccc(C(C)C)cc2)n2ncnc2N1. The number of hydrogen-bond donors (Lipinski definition) is 2. The number of hydrogen-bond acceptors (Lipinski definition) is 4. The number of allylic oxidation sites excluding steroid dienone is 1. The van der Waals surface area contributed by atoms with Crippen LogP contribution in [0.3, 0.4) is 0 Å². The summed E-state index contributed by atoms with van der Waals surface area (Å²) in [5.41, 5.74) is 4.40. The van der Waals surface area contributed by atoms with Gasteiger partial charge in [-0.05, 0) is 36.1 Å². The number of carbonyl (C=O) groups is 1. The summed E-state index contributed by atoms with van der Waals surface area (Å²) in [6.45, 7) is 6.23. The maximum absolute atomic E-state index is 13.2. The summed E-state index contributed by atoms with van der Waals surface area (Å²) in [5, 5.41) is 10.6. The van der Waals surface area contributed by atoms with E-state index in [9.17, 15) is 4.79 Å². The normalized spacial score (nSPS) is 15.9. The summed E-state index contributed by atoms with van der Waals surface area (Å²) >= 11 is 0. The molecule has 0 bridgehead atoms. The van der Waals surface area contributed by atoms with E-state index in [-0.39, 0.29) is 11.9 Å². The first-order valence-electron chi connectivity index (χ1n) is 9.38. The molecule has 0 saturated heterocycles. The Balaban J connectivity index is 1.75. The van der Waals surface area contributed by atoms with Crippen LogP contribution in [0.5, 0.6) is 0 Å². The molecule has 0 fully saturated rings. The number of benzene rings is 2. The fourth-order valence-corrected chi connectivity index (χ4v) is 3.48. The van der Waals surface area contributed by atoms with Crippen LogP contribution in [0.1, 0.15) is 43.9 Å². The van der Waals surface area contributed by atoms with Gasteiger partial charge in [-0.15, -0.1) is 0 Å². The van der Waals surface area contributed by atoms with Crippen LogP contribution in [0.15, 0.2) is 72.2 Å². The molecule has 2 N–H and O–H groups in total. The number of rotatable bonds is 4. The molecule has 1 amide bonds. The van der Waals surface area contributed by atoms with Gasteiger partial charge in [0.2, 0.25) is 5.95 Å². The summed E-state index contributed by atoms with van der Waals surface area (Å²) in [5.74, 6) is 0.920. The highest BCUT2D eigenvalue weighted by atomic mass is 16.1. The Hall–Kier alpha value is -3.41. The summed E-state index contributed by atoms with van der Waals surface area (Å²) in [6.07, 6.45) is 1.50. The fraction of sp³-hybridized carbons (Fsp3) is 0.227. The quantitative estimate of drug-likeness (QED) is 0.714. The second-order valence-corrected chi connectivity index (χ2v) is 7.24. The zero-order valence-electron chi connectivity index (χ0n) is 16.2. The second-order valence-electron chi connectivity index (χ2n) is 7.24. The van der Waals surface area contributed by atoms with Crippen molar-refractivity contribution in [2.75, 3.05) is 10.6 Å². The summed E-state index contributed by atoms with van der Waals surface area (Å²) in [7, 11) is 0. The number of carbonyl (C=O) groups excluding carboxylic acids is 1. The summed E-state index contributed by atoms with van der Waals surface area (Å²) in [6, 6.07) is 17.5. The highest BCUT2D eigenvalue weighted by Crippen LogP contribution is 2.35. The highest BCUT2D eigenvalue weighted by Gasteiger charge is 2.33. The first-order chi connectivity index (χ1) is 13.5. The molecule has 1 aromatic heterocycles. The van der Waals surface area contributed by atoms with Gasteiger partial charge in [0.15, 0.2) is 0 Å². The van der Waals surface area contributed by atoms with Crippen LogP contribution in [-0.2, 0) is 4.79 Å². The van der Waals surface area contributed by atoms with E-state index in [0.29, 0.717) is 17.4 Å². The van der Waals surface area contributed by atoms with Gasteiger partial charge in [0, 0.05) is 11.4 Å². The zero-order valence-corrected chi connectivity index (χ0v) is 16.2. The highest BCUT2D eigenvalue weighted by molar-refractivity contribution is 6.06. The monoisotopic (exact) mass is 373 g/mol. The summed E-state index contributed by atoms with van der Waals surface area (Å²) in [4.78, 5) is 17.5. The standard InChI is InChI=1S/C22H23N5O/c1-14(2)16-9-11-17(12-10-16)20-19(15(3)25-22-23-13-24-27(20)22)21(28)26-18-7-5-4-6-8-18/h4-14,20H,1-3H3,(H,26,28)(H,23,24,25). The molecule has 0 spiro atoms. The molecule has 28 heavy (non-hydrogen) atoms. The van der Waals surface area contributed by atoms with E-state index in [2.05, 4.69) is 58.8 Å². The molecule has 0 radical (unpaired) electrons. The van der Waals surface area contributed by atoms with Crippen LogP contribution in [0.2, 0.25) is 0 Å². The third kappa shape index (κ3) is 3.29. The molecule has 6 nitrogen and oxygen atoms in total. The third-order valence-corrected chi connectivity index (χ3v) is 4.99. The van der Waals surface area contributed by atoms with E-state index in [1.807, 2.05) is 37.3 Å². The minimum Gasteiger partial charge on any atom is -0.328 e. The molecule has 142 valence electrons. The molecule has 1 atom stereocenters. The Morgan fingerprint density at radius 2 is 1.82 bits per heavy atom. The molecule has 1 aliphatic heterocycles. The molecule has 0 saturated carbocycles. The van der Waals surface area contributed by atoms with Crippen LogP contribution in [-0.4, -0.2) is 20.7 Å². The van der Waals surface area contributed by atoms with E-state index in [1.54, 1.807) is 4.68 Å². The number of anilines is 2. The Morgan fingerprint density at radius 3 is 2.50 bits per heavy atom. The third-order valence-electron chi connectivity index (χ3n) is 4.99. The minimum absolute atomic E-state index is 0.157. The first kappa shape index (κ1) is 18.0. The molecular weight excluding hydrogens is 350 g/mol. The number of amides is 1. The van der Waals surface area contributed by atoms with Crippen molar-refractivity contribution < 1.29 is 4.79 Å². The average molecular weight is 373 g/mol. The van der Waals surface area contributed by atoms with Gasteiger partial charge in [-0.1, -0.05) is 56.3 Å². The van der Waals surface area contributed by atoms with E-state index in [1.165, 1.54) is 11.9 Å². The zero-order chi connectivity index (χ0) is 19.7.